The van der Waals surface area contributed by atoms with Gasteiger partial charge >= 0.3 is 0 Å². The zero-order chi connectivity index (χ0) is 23.0. The predicted octanol–water partition coefficient (Wildman–Crippen LogP) is 3.08. The Bertz CT molecular complexity index is 1260. The summed E-state index contributed by atoms with van der Waals surface area (Å²) in [7, 11) is -1.91. The van der Waals surface area contributed by atoms with Crippen molar-refractivity contribution in [3.8, 4) is 5.75 Å². The molecule has 2 aromatic heterocycles. The van der Waals surface area contributed by atoms with Gasteiger partial charge < -0.3 is 10.1 Å². The number of fused-ring (bicyclic) bond motifs is 1. The number of thiazole rings is 1. The molecule has 3 aromatic rings. The first-order chi connectivity index (χ1) is 15.2. The zero-order valence-electron chi connectivity index (χ0n) is 18.6. The number of sulfonamides is 1. The van der Waals surface area contributed by atoms with Gasteiger partial charge in [0.25, 0.3) is 0 Å². The quantitative estimate of drug-likeness (QED) is 0.585. The molecule has 0 unspecified atom stereocenters. The first-order valence-corrected chi connectivity index (χ1v) is 12.8. The average Bonchev–Trinajstić information content (AvgIpc) is 3.26. The van der Waals surface area contributed by atoms with Crippen LogP contribution in [-0.4, -0.2) is 53.1 Å². The van der Waals surface area contributed by atoms with E-state index in [0.29, 0.717) is 49.1 Å². The van der Waals surface area contributed by atoms with Gasteiger partial charge in [-0.3, -0.25) is 9.48 Å². The Morgan fingerprint density at radius 3 is 2.62 bits per heavy atom. The van der Waals surface area contributed by atoms with Crippen molar-refractivity contribution in [1.29, 1.82) is 0 Å². The Balaban J connectivity index is 1.41. The summed E-state index contributed by atoms with van der Waals surface area (Å²) < 4.78 is 35.8. The molecule has 0 bridgehead atoms. The highest BCUT2D eigenvalue weighted by Gasteiger charge is 2.35. The minimum Gasteiger partial charge on any atom is -0.494 e. The monoisotopic (exact) mass is 477 g/mol. The summed E-state index contributed by atoms with van der Waals surface area (Å²) in [6, 6.07) is 5.65. The largest absolute Gasteiger partial charge is 0.494 e. The van der Waals surface area contributed by atoms with Gasteiger partial charge in [-0.2, -0.15) is 9.40 Å². The molecule has 1 aliphatic rings. The lowest BCUT2D eigenvalue weighted by Crippen LogP contribution is -2.41. The number of hydrogen-bond donors (Lipinski definition) is 1. The summed E-state index contributed by atoms with van der Waals surface area (Å²) in [4.78, 5) is 17.5. The van der Waals surface area contributed by atoms with Gasteiger partial charge in [0.05, 0.1) is 28.2 Å². The van der Waals surface area contributed by atoms with Crippen molar-refractivity contribution in [3.05, 3.63) is 29.6 Å². The number of aromatic nitrogens is 3. The molecule has 1 aliphatic heterocycles. The number of benzene rings is 1. The number of hydrogen-bond acceptors (Lipinski definition) is 7. The number of carbonyl (C=O) groups is 1. The van der Waals surface area contributed by atoms with Crippen LogP contribution in [0.15, 0.2) is 23.1 Å². The summed E-state index contributed by atoms with van der Waals surface area (Å²) in [5.41, 5.74) is 1.91. The Labute approximate surface area is 191 Å². The molecular weight excluding hydrogens is 450 g/mol. The van der Waals surface area contributed by atoms with Gasteiger partial charge in [-0.1, -0.05) is 11.3 Å². The summed E-state index contributed by atoms with van der Waals surface area (Å²) in [5.74, 6) is 0.387. The molecule has 3 heterocycles. The van der Waals surface area contributed by atoms with Crippen LogP contribution in [0.1, 0.15) is 31.2 Å². The van der Waals surface area contributed by atoms with Crippen LogP contribution in [0, 0.1) is 19.8 Å². The van der Waals surface area contributed by atoms with Crippen LogP contribution in [0.2, 0.25) is 0 Å². The molecule has 1 amide bonds. The Hall–Kier alpha value is -2.50. The van der Waals surface area contributed by atoms with Gasteiger partial charge in [0.2, 0.25) is 15.9 Å². The van der Waals surface area contributed by atoms with Gasteiger partial charge in [-0.25, -0.2) is 13.4 Å². The van der Waals surface area contributed by atoms with Crippen LogP contribution in [0.4, 0.5) is 5.13 Å². The van der Waals surface area contributed by atoms with E-state index < -0.39 is 10.0 Å². The van der Waals surface area contributed by atoms with Gasteiger partial charge in [0.1, 0.15) is 10.6 Å². The van der Waals surface area contributed by atoms with Gasteiger partial charge in [-0.05, 0) is 51.8 Å². The fourth-order valence-corrected chi connectivity index (χ4v) is 6.80. The van der Waals surface area contributed by atoms with E-state index >= 15 is 0 Å². The number of nitrogens with one attached hydrogen (secondary N) is 1. The molecule has 1 saturated heterocycles. The first-order valence-electron chi connectivity index (χ1n) is 10.5. The number of anilines is 1. The maximum atomic E-state index is 13.1. The first kappa shape index (κ1) is 22.7. The van der Waals surface area contributed by atoms with E-state index in [-0.39, 0.29) is 16.7 Å². The summed E-state index contributed by atoms with van der Waals surface area (Å²) in [6.07, 6.45) is 0.922. The Kier molecular flexibility index (Phi) is 6.24. The fraction of sp³-hybridized carbons (Fsp3) is 0.476. The molecular formula is C21H27N5O4S2. The third kappa shape index (κ3) is 4.24. The lowest BCUT2D eigenvalue weighted by molar-refractivity contribution is -0.120. The highest BCUT2D eigenvalue weighted by molar-refractivity contribution is 7.89. The normalized spacial score (nSPS) is 15.9. The fourth-order valence-electron chi connectivity index (χ4n) is 4.04. The molecule has 1 fully saturated rings. The molecule has 0 radical (unpaired) electrons. The number of rotatable bonds is 6. The molecule has 1 aromatic carbocycles. The highest BCUT2D eigenvalue weighted by Crippen LogP contribution is 2.31. The van der Waals surface area contributed by atoms with E-state index in [1.807, 2.05) is 25.1 Å². The molecule has 0 atom stereocenters. The topological polar surface area (TPSA) is 106 Å². The maximum absolute atomic E-state index is 13.1. The van der Waals surface area contributed by atoms with Crippen LogP contribution in [0.5, 0.6) is 5.75 Å². The minimum atomic E-state index is -3.64. The molecule has 32 heavy (non-hydrogen) atoms. The zero-order valence-corrected chi connectivity index (χ0v) is 20.2. The van der Waals surface area contributed by atoms with Crippen molar-refractivity contribution < 1.29 is 17.9 Å². The van der Waals surface area contributed by atoms with Gasteiger partial charge in [-0.15, -0.1) is 0 Å². The standard InChI is InChI=1S/C21H27N5O4S2/c1-5-30-16-6-7-17-18(12-16)31-21(22-17)23-20(27)15-8-10-26(11-9-15)32(28,29)19-13(2)24-25(4)14(19)3/h6-7,12,15H,5,8-11H2,1-4H3,(H,22,23,27). The van der Waals surface area contributed by atoms with Crippen molar-refractivity contribution in [2.75, 3.05) is 25.0 Å². The van der Waals surface area contributed by atoms with Crippen LogP contribution < -0.4 is 10.1 Å². The number of nitrogens with zero attached hydrogens (tertiary/aromatic N) is 4. The maximum Gasteiger partial charge on any atom is 0.246 e. The predicted molar refractivity (Wildman–Crippen MR) is 124 cm³/mol. The van der Waals surface area contributed by atoms with Gasteiger partial charge in [0.15, 0.2) is 5.13 Å². The molecule has 9 nitrogen and oxygen atoms in total. The van der Waals surface area contributed by atoms with E-state index in [2.05, 4.69) is 15.4 Å². The molecule has 4 rings (SSSR count). The summed E-state index contributed by atoms with van der Waals surface area (Å²) in [5, 5.41) is 7.67. The molecule has 1 N–H and O–H groups in total. The van der Waals surface area contributed by atoms with Crippen LogP contribution in [0.25, 0.3) is 10.2 Å². The van der Waals surface area contributed by atoms with Crippen LogP contribution >= 0.6 is 11.3 Å². The second kappa shape index (κ2) is 8.80. The number of amides is 1. The SMILES string of the molecule is CCOc1ccc2nc(NC(=O)C3CCN(S(=O)(=O)c4c(C)nn(C)c4C)CC3)sc2c1. The smallest absolute Gasteiger partial charge is 0.246 e. The van der Waals surface area contributed by atoms with Crippen molar-refractivity contribution >= 4 is 42.6 Å². The van der Waals surface area contributed by atoms with E-state index in [9.17, 15) is 13.2 Å². The van der Waals surface area contributed by atoms with E-state index in [4.69, 9.17) is 4.74 Å². The minimum absolute atomic E-state index is 0.125. The summed E-state index contributed by atoms with van der Waals surface area (Å²) >= 11 is 1.40. The van der Waals surface area contributed by atoms with E-state index in [1.54, 1.807) is 25.6 Å². The number of piperidine rings is 1. The molecule has 172 valence electrons. The third-order valence-electron chi connectivity index (χ3n) is 5.77. The lowest BCUT2D eigenvalue weighted by Gasteiger charge is -2.30. The van der Waals surface area contributed by atoms with Crippen molar-refractivity contribution in [1.82, 2.24) is 19.1 Å². The van der Waals surface area contributed by atoms with Gasteiger partial charge in [0, 0.05) is 26.1 Å². The summed E-state index contributed by atoms with van der Waals surface area (Å²) in [6.45, 7) is 6.57. The Morgan fingerprint density at radius 2 is 2.00 bits per heavy atom. The number of ether oxygens (including phenoxy) is 1. The molecule has 11 heteroatoms. The van der Waals surface area contributed by atoms with Crippen molar-refractivity contribution in [2.45, 2.75) is 38.5 Å². The number of aryl methyl sites for hydroxylation is 2. The van der Waals surface area contributed by atoms with Crippen molar-refractivity contribution in [3.63, 3.8) is 0 Å². The van der Waals surface area contributed by atoms with E-state index in [0.717, 1.165) is 16.0 Å². The number of carbonyl (C=O) groups excluding carboxylic acids is 1. The third-order valence-corrected chi connectivity index (χ3v) is 8.85. The average molecular weight is 478 g/mol. The molecule has 0 spiro atoms. The second-order valence-corrected chi connectivity index (χ2v) is 10.8. The molecule has 0 aliphatic carbocycles. The lowest BCUT2D eigenvalue weighted by atomic mass is 9.97. The van der Waals surface area contributed by atoms with E-state index in [1.165, 1.54) is 15.6 Å². The van der Waals surface area contributed by atoms with Crippen LogP contribution in [0.3, 0.4) is 0 Å². The Morgan fingerprint density at radius 1 is 1.28 bits per heavy atom. The molecule has 0 saturated carbocycles. The second-order valence-electron chi connectivity index (χ2n) is 7.87. The van der Waals surface area contributed by atoms with Crippen LogP contribution in [-0.2, 0) is 21.9 Å². The van der Waals surface area contributed by atoms with Crippen molar-refractivity contribution in [2.24, 2.45) is 13.0 Å². The highest BCUT2D eigenvalue weighted by atomic mass is 32.2.